The van der Waals surface area contributed by atoms with Crippen molar-refractivity contribution in [3.8, 4) is 0 Å². The van der Waals surface area contributed by atoms with Crippen LogP contribution in [0.1, 0.15) is 28.6 Å². The number of hydrogen-bond acceptors (Lipinski definition) is 2. The third kappa shape index (κ3) is 3.00. The van der Waals surface area contributed by atoms with Gasteiger partial charge in [0.05, 0.1) is 16.4 Å². The highest BCUT2D eigenvalue weighted by atomic mass is 35.5. The highest BCUT2D eigenvalue weighted by molar-refractivity contribution is 6.32. The molecule has 2 rings (SSSR count). The lowest BCUT2D eigenvalue weighted by Gasteiger charge is -2.18. The van der Waals surface area contributed by atoms with Crippen LogP contribution in [0.25, 0.3) is 0 Å². The topological polar surface area (TPSA) is 29.9 Å². The number of likely N-dealkylation sites (N-methyl/N-ethyl adjacent to an activating group) is 1. The molecule has 0 radical (unpaired) electrons. The molecule has 0 aliphatic heterocycles. The second-order valence-electron chi connectivity index (χ2n) is 5.02. The number of nitrogens with zero attached hydrogens (tertiary/aromatic N) is 2. The first-order valence-corrected chi connectivity index (χ1v) is 7.31. The zero-order valence-corrected chi connectivity index (χ0v) is 13.7. The minimum absolute atomic E-state index is 0.153. The van der Waals surface area contributed by atoms with Crippen LogP contribution in [0.3, 0.4) is 0 Å². The van der Waals surface area contributed by atoms with Crippen molar-refractivity contribution in [3.05, 3.63) is 50.8 Å². The summed E-state index contributed by atoms with van der Waals surface area (Å²) in [5, 5.41) is 9.20. The maximum atomic E-state index is 6.32. The number of halogens is 2. The van der Waals surface area contributed by atoms with Gasteiger partial charge in [0.15, 0.2) is 0 Å². The quantitative estimate of drug-likeness (QED) is 0.929. The molecular formula is C15H19Cl2N3. The molecule has 0 bridgehead atoms. The zero-order chi connectivity index (χ0) is 14.9. The van der Waals surface area contributed by atoms with Crippen molar-refractivity contribution in [1.29, 1.82) is 0 Å². The maximum Gasteiger partial charge on any atom is 0.0847 e. The lowest BCUT2D eigenvalue weighted by Crippen LogP contribution is -2.20. The lowest BCUT2D eigenvalue weighted by molar-refractivity contribution is 0.561. The number of benzene rings is 1. The Hall–Kier alpha value is -1.03. The Labute approximate surface area is 129 Å². The predicted octanol–water partition coefficient (Wildman–Crippen LogP) is 3.85. The van der Waals surface area contributed by atoms with Gasteiger partial charge in [-0.15, -0.1) is 0 Å². The van der Waals surface area contributed by atoms with Crippen molar-refractivity contribution in [2.45, 2.75) is 26.3 Å². The predicted molar refractivity (Wildman–Crippen MR) is 84.6 cm³/mol. The Morgan fingerprint density at radius 3 is 2.50 bits per heavy atom. The molecule has 3 nitrogen and oxygen atoms in total. The molecule has 0 saturated heterocycles. The third-order valence-corrected chi connectivity index (χ3v) is 4.50. The van der Waals surface area contributed by atoms with E-state index < -0.39 is 0 Å². The summed E-state index contributed by atoms with van der Waals surface area (Å²) in [6, 6.07) is 6.30. The smallest absolute Gasteiger partial charge is 0.0847 e. The average molecular weight is 312 g/mol. The van der Waals surface area contributed by atoms with E-state index in [0.29, 0.717) is 0 Å². The molecule has 1 N–H and O–H groups in total. The van der Waals surface area contributed by atoms with Crippen LogP contribution in [-0.2, 0) is 13.5 Å². The minimum atomic E-state index is 0.153. The fourth-order valence-corrected chi connectivity index (χ4v) is 2.73. The fraction of sp³-hybridized carbons (Fsp3) is 0.400. The molecule has 0 aliphatic carbocycles. The Morgan fingerprint density at radius 1 is 1.30 bits per heavy atom. The van der Waals surface area contributed by atoms with Gasteiger partial charge >= 0.3 is 0 Å². The van der Waals surface area contributed by atoms with E-state index in [2.05, 4.69) is 16.5 Å². The van der Waals surface area contributed by atoms with Crippen LogP contribution in [0.4, 0.5) is 0 Å². The molecule has 1 aromatic carbocycles. The molecule has 0 amide bonds. The van der Waals surface area contributed by atoms with E-state index in [1.165, 1.54) is 0 Å². The molecule has 20 heavy (non-hydrogen) atoms. The molecule has 5 heteroatoms. The van der Waals surface area contributed by atoms with Crippen LogP contribution in [0.2, 0.25) is 10.0 Å². The Balaban J connectivity index is 2.31. The molecule has 1 heterocycles. The van der Waals surface area contributed by atoms with Crippen LogP contribution in [0.15, 0.2) is 18.2 Å². The SMILES string of the molecule is CNC(Cc1c(Cl)c(C)nn1C)c1ccc(C)c(Cl)c1. The Morgan fingerprint density at radius 2 is 2.00 bits per heavy atom. The van der Waals surface area contributed by atoms with E-state index in [1.807, 2.05) is 44.8 Å². The first-order chi connectivity index (χ1) is 9.43. The molecule has 0 aliphatic rings. The first kappa shape index (κ1) is 15.4. The van der Waals surface area contributed by atoms with Gasteiger partial charge in [-0.05, 0) is 38.1 Å². The molecule has 1 unspecified atom stereocenters. The van der Waals surface area contributed by atoms with E-state index >= 15 is 0 Å². The summed E-state index contributed by atoms with van der Waals surface area (Å²) in [6.45, 7) is 3.92. The van der Waals surface area contributed by atoms with Gasteiger partial charge in [0, 0.05) is 24.5 Å². The fourth-order valence-electron chi connectivity index (χ4n) is 2.31. The first-order valence-electron chi connectivity index (χ1n) is 6.55. The van der Waals surface area contributed by atoms with Gasteiger partial charge in [0.2, 0.25) is 0 Å². The van der Waals surface area contributed by atoms with Gasteiger partial charge in [0.25, 0.3) is 0 Å². The summed E-state index contributed by atoms with van der Waals surface area (Å²) in [4.78, 5) is 0. The zero-order valence-electron chi connectivity index (χ0n) is 12.2. The molecular weight excluding hydrogens is 293 g/mol. The van der Waals surface area contributed by atoms with Crippen LogP contribution >= 0.6 is 23.2 Å². The highest BCUT2D eigenvalue weighted by Crippen LogP contribution is 2.27. The highest BCUT2D eigenvalue weighted by Gasteiger charge is 2.17. The van der Waals surface area contributed by atoms with Crippen LogP contribution < -0.4 is 5.32 Å². The number of hydrogen-bond donors (Lipinski definition) is 1. The van der Waals surface area contributed by atoms with E-state index in [0.717, 1.165) is 39.0 Å². The van der Waals surface area contributed by atoms with E-state index in [1.54, 1.807) is 0 Å². The van der Waals surface area contributed by atoms with Crippen molar-refractivity contribution < 1.29 is 0 Å². The molecule has 2 aromatic rings. The van der Waals surface area contributed by atoms with Crippen molar-refractivity contribution in [2.24, 2.45) is 7.05 Å². The van der Waals surface area contributed by atoms with Crippen molar-refractivity contribution in [3.63, 3.8) is 0 Å². The molecule has 1 atom stereocenters. The number of aryl methyl sites for hydroxylation is 3. The minimum Gasteiger partial charge on any atom is -0.313 e. The van der Waals surface area contributed by atoms with E-state index in [-0.39, 0.29) is 6.04 Å². The molecule has 0 saturated carbocycles. The van der Waals surface area contributed by atoms with Crippen LogP contribution in [-0.4, -0.2) is 16.8 Å². The molecule has 0 spiro atoms. The second kappa shape index (κ2) is 6.17. The van der Waals surface area contributed by atoms with Gasteiger partial charge in [-0.1, -0.05) is 35.3 Å². The Bertz CT molecular complexity index is 620. The Kier molecular flexibility index (Phi) is 4.74. The summed E-state index contributed by atoms with van der Waals surface area (Å²) in [7, 11) is 3.86. The standard InChI is InChI=1S/C15H19Cl2N3/c1-9-5-6-11(7-12(9)16)13(18-3)8-14-15(17)10(2)19-20(14)4/h5-7,13,18H,8H2,1-4H3. The normalized spacial score (nSPS) is 12.7. The van der Waals surface area contributed by atoms with Crippen LogP contribution in [0.5, 0.6) is 0 Å². The van der Waals surface area contributed by atoms with E-state index in [9.17, 15) is 0 Å². The van der Waals surface area contributed by atoms with Crippen molar-refractivity contribution in [2.75, 3.05) is 7.05 Å². The molecule has 1 aromatic heterocycles. The number of rotatable bonds is 4. The lowest BCUT2D eigenvalue weighted by atomic mass is 10.0. The maximum absolute atomic E-state index is 6.32. The summed E-state index contributed by atoms with van der Waals surface area (Å²) in [5.74, 6) is 0. The van der Waals surface area contributed by atoms with Crippen molar-refractivity contribution in [1.82, 2.24) is 15.1 Å². The summed E-state index contributed by atoms with van der Waals surface area (Å²) in [6.07, 6.45) is 0.770. The summed E-state index contributed by atoms with van der Waals surface area (Å²) < 4.78 is 1.85. The van der Waals surface area contributed by atoms with Gasteiger partial charge in [-0.25, -0.2) is 0 Å². The van der Waals surface area contributed by atoms with Gasteiger partial charge in [-0.3, -0.25) is 4.68 Å². The molecule has 108 valence electrons. The third-order valence-electron chi connectivity index (χ3n) is 3.61. The largest absolute Gasteiger partial charge is 0.313 e. The summed E-state index contributed by atoms with van der Waals surface area (Å²) >= 11 is 12.5. The van der Waals surface area contributed by atoms with Gasteiger partial charge < -0.3 is 5.32 Å². The van der Waals surface area contributed by atoms with Gasteiger partial charge in [0.1, 0.15) is 0 Å². The second-order valence-corrected chi connectivity index (χ2v) is 5.81. The van der Waals surface area contributed by atoms with Gasteiger partial charge in [-0.2, -0.15) is 5.10 Å². The average Bonchev–Trinajstić information content (AvgIpc) is 2.65. The van der Waals surface area contributed by atoms with Crippen LogP contribution in [0, 0.1) is 13.8 Å². The number of nitrogens with one attached hydrogen (secondary N) is 1. The van der Waals surface area contributed by atoms with Crippen molar-refractivity contribution >= 4 is 23.2 Å². The summed E-state index contributed by atoms with van der Waals surface area (Å²) in [5.41, 5.74) is 4.12. The van der Waals surface area contributed by atoms with E-state index in [4.69, 9.17) is 23.2 Å². The molecule has 0 fully saturated rings. The number of aromatic nitrogens is 2. The monoisotopic (exact) mass is 311 g/mol.